The largest absolute Gasteiger partial charge is 0.456 e. The van der Waals surface area contributed by atoms with Crippen LogP contribution in [0.2, 0.25) is 0 Å². The summed E-state index contributed by atoms with van der Waals surface area (Å²) in [6.45, 7) is 2.92. The number of rotatable bonds is 7. The maximum atomic E-state index is 12.9. The Bertz CT molecular complexity index is 1140. The first kappa shape index (κ1) is 22.3. The molecule has 0 atom stereocenters. The lowest BCUT2D eigenvalue weighted by atomic mass is 9.96. The Morgan fingerprint density at radius 2 is 1.91 bits per heavy atom. The lowest BCUT2D eigenvalue weighted by Gasteiger charge is -2.41. The predicted octanol–water partition coefficient (Wildman–Crippen LogP) is 4.48. The summed E-state index contributed by atoms with van der Waals surface area (Å²) in [5.41, 5.74) is 1.04. The molecule has 2 aromatic carbocycles. The summed E-state index contributed by atoms with van der Waals surface area (Å²) < 4.78 is 7.33. The Morgan fingerprint density at radius 1 is 1.16 bits per heavy atom. The van der Waals surface area contributed by atoms with E-state index in [1.165, 1.54) is 4.90 Å². The average Bonchev–Trinajstić information content (AvgIpc) is 3.19. The fourth-order valence-corrected chi connectivity index (χ4v) is 5.54. The van der Waals surface area contributed by atoms with Crippen molar-refractivity contribution in [3.05, 3.63) is 48.5 Å². The highest BCUT2D eigenvalue weighted by Gasteiger charge is 2.43. The maximum absolute atomic E-state index is 12.9. The second kappa shape index (κ2) is 9.30. The van der Waals surface area contributed by atoms with Crippen LogP contribution in [-0.4, -0.2) is 40.7 Å². The fraction of sp³-hybridized carbons (Fsp3) is 0.304. The summed E-state index contributed by atoms with van der Waals surface area (Å²) in [4.78, 5) is 43.5. The molecular weight excluding hydrogens is 446 g/mol. The molecule has 0 radical (unpaired) electrons. The monoisotopic (exact) mass is 469 g/mol. The molecule has 1 aliphatic rings. The van der Waals surface area contributed by atoms with Crippen LogP contribution in [0.25, 0.3) is 10.2 Å². The van der Waals surface area contributed by atoms with Gasteiger partial charge in [0, 0.05) is 12.2 Å². The van der Waals surface area contributed by atoms with Crippen molar-refractivity contribution < 1.29 is 19.1 Å². The minimum absolute atomic E-state index is 0.214. The summed E-state index contributed by atoms with van der Waals surface area (Å²) in [5.74, 6) is -0.427. The first-order valence-electron chi connectivity index (χ1n) is 10.2. The standard InChI is InChI=1S/C23H23N3O4S2/c1-23(2)21(29)24-15-8-3-5-10-17(15)26(23)19(27)14-30-20(28)12-7-13-31-22-25-16-9-4-6-11-18(16)32-22/h3-6,8-11H,7,12-14H2,1-2H3,(H,24,29). The number of nitrogens with one attached hydrogen (secondary N) is 1. The quantitative estimate of drug-likeness (QED) is 0.312. The molecule has 7 nitrogen and oxygen atoms in total. The highest BCUT2D eigenvalue weighted by atomic mass is 32.2. The number of carbonyl (C=O) groups excluding carboxylic acids is 3. The Kier molecular flexibility index (Phi) is 6.48. The molecule has 1 aromatic heterocycles. The van der Waals surface area contributed by atoms with Crippen LogP contribution < -0.4 is 10.2 Å². The van der Waals surface area contributed by atoms with Crippen LogP contribution in [0.5, 0.6) is 0 Å². The Balaban J connectivity index is 1.27. The van der Waals surface area contributed by atoms with Gasteiger partial charge in [0.25, 0.3) is 5.91 Å². The highest BCUT2D eigenvalue weighted by molar-refractivity contribution is 8.01. The molecule has 2 heterocycles. The molecule has 0 bridgehead atoms. The number of aromatic nitrogens is 1. The van der Waals surface area contributed by atoms with Gasteiger partial charge in [0.1, 0.15) is 5.54 Å². The van der Waals surface area contributed by atoms with Gasteiger partial charge in [-0.3, -0.25) is 19.3 Å². The van der Waals surface area contributed by atoms with Gasteiger partial charge in [-0.2, -0.15) is 0 Å². The molecule has 9 heteroatoms. The van der Waals surface area contributed by atoms with Gasteiger partial charge in [0.15, 0.2) is 10.9 Å². The number of hydrogen-bond acceptors (Lipinski definition) is 7. The predicted molar refractivity (Wildman–Crippen MR) is 127 cm³/mol. The van der Waals surface area contributed by atoms with Crippen LogP contribution in [0.1, 0.15) is 26.7 Å². The van der Waals surface area contributed by atoms with Crippen molar-refractivity contribution in [1.82, 2.24) is 4.98 Å². The van der Waals surface area contributed by atoms with Crippen molar-refractivity contribution in [2.75, 3.05) is 22.6 Å². The third-order valence-corrected chi connectivity index (χ3v) is 7.40. The molecule has 3 aromatic rings. The van der Waals surface area contributed by atoms with E-state index in [1.807, 2.05) is 24.3 Å². The molecule has 0 fully saturated rings. The molecule has 0 spiro atoms. The van der Waals surface area contributed by atoms with E-state index in [4.69, 9.17) is 4.74 Å². The molecule has 1 N–H and O–H groups in total. The number of thiazole rings is 1. The maximum Gasteiger partial charge on any atom is 0.306 e. The first-order valence-corrected chi connectivity index (χ1v) is 12.0. The van der Waals surface area contributed by atoms with Crippen LogP contribution in [0.3, 0.4) is 0 Å². The van der Waals surface area contributed by atoms with E-state index in [-0.39, 0.29) is 12.3 Å². The van der Waals surface area contributed by atoms with E-state index in [0.29, 0.717) is 17.8 Å². The smallest absolute Gasteiger partial charge is 0.306 e. The lowest BCUT2D eigenvalue weighted by Crippen LogP contribution is -2.59. The minimum Gasteiger partial charge on any atom is -0.456 e. The summed E-state index contributed by atoms with van der Waals surface area (Å²) >= 11 is 3.24. The third-order valence-electron chi connectivity index (χ3n) is 5.14. The number of para-hydroxylation sites is 3. The van der Waals surface area contributed by atoms with Gasteiger partial charge in [-0.1, -0.05) is 36.0 Å². The average molecular weight is 470 g/mol. The zero-order valence-electron chi connectivity index (χ0n) is 17.8. The lowest BCUT2D eigenvalue weighted by molar-refractivity contribution is -0.148. The molecule has 166 valence electrons. The number of hydrogen-bond donors (Lipinski definition) is 1. The zero-order chi connectivity index (χ0) is 22.7. The second-order valence-electron chi connectivity index (χ2n) is 7.82. The number of fused-ring (bicyclic) bond motifs is 2. The summed E-state index contributed by atoms with van der Waals surface area (Å²) in [5, 5.41) is 2.81. The van der Waals surface area contributed by atoms with Gasteiger partial charge in [-0.05, 0) is 44.5 Å². The molecular formula is C23H23N3O4S2. The SMILES string of the molecule is CC1(C)C(=O)Nc2ccccc2N1C(=O)COC(=O)CCCSc1nc2ccccc2s1. The van der Waals surface area contributed by atoms with Crippen LogP contribution in [0.4, 0.5) is 11.4 Å². The second-order valence-corrected chi connectivity index (χ2v) is 10.2. The Hall–Kier alpha value is -2.91. The van der Waals surface area contributed by atoms with E-state index >= 15 is 0 Å². The van der Waals surface area contributed by atoms with Crippen molar-refractivity contribution in [3.8, 4) is 0 Å². The van der Waals surface area contributed by atoms with Crippen LogP contribution in [0.15, 0.2) is 52.9 Å². The normalized spacial score (nSPS) is 14.7. The number of carbonyl (C=O) groups is 3. The van der Waals surface area contributed by atoms with Gasteiger partial charge < -0.3 is 10.1 Å². The number of thioether (sulfide) groups is 1. The van der Waals surface area contributed by atoms with E-state index in [2.05, 4.69) is 10.3 Å². The van der Waals surface area contributed by atoms with Crippen molar-refractivity contribution >= 4 is 62.5 Å². The van der Waals surface area contributed by atoms with Gasteiger partial charge >= 0.3 is 5.97 Å². The van der Waals surface area contributed by atoms with Gasteiger partial charge in [0.05, 0.1) is 21.6 Å². The summed E-state index contributed by atoms with van der Waals surface area (Å²) in [7, 11) is 0. The number of amides is 2. The van der Waals surface area contributed by atoms with Crippen molar-refractivity contribution in [2.24, 2.45) is 0 Å². The van der Waals surface area contributed by atoms with Crippen molar-refractivity contribution in [3.63, 3.8) is 0 Å². The van der Waals surface area contributed by atoms with E-state index in [9.17, 15) is 14.4 Å². The topological polar surface area (TPSA) is 88.6 Å². The Morgan fingerprint density at radius 3 is 2.72 bits per heavy atom. The number of ether oxygens (including phenoxy) is 1. The molecule has 2 amide bonds. The molecule has 32 heavy (non-hydrogen) atoms. The first-order chi connectivity index (χ1) is 15.4. The molecule has 1 aliphatic heterocycles. The minimum atomic E-state index is -1.09. The number of anilines is 2. The third kappa shape index (κ3) is 4.63. The van der Waals surface area contributed by atoms with Crippen molar-refractivity contribution in [1.29, 1.82) is 0 Å². The zero-order valence-corrected chi connectivity index (χ0v) is 19.4. The highest BCUT2D eigenvalue weighted by Crippen LogP contribution is 2.36. The summed E-state index contributed by atoms with van der Waals surface area (Å²) in [6.07, 6.45) is 0.833. The van der Waals surface area contributed by atoms with Crippen LogP contribution in [0, 0.1) is 0 Å². The van der Waals surface area contributed by atoms with E-state index < -0.39 is 24.0 Å². The molecule has 0 aliphatic carbocycles. The van der Waals surface area contributed by atoms with Crippen LogP contribution >= 0.6 is 23.1 Å². The number of esters is 1. The summed E-state index contributed by atoms with van der Waals surface area (Å²) in [6, 6.07) is 15.0. The van der Waals surface area contributed by atoms with Crippen molar-refractivity contribution in [2.45, 2.75) is 36.6 Å². The number of benzene rings is 2. The molecule has 4 rings (SSSR count). The number of nitrogens with zero attached hydrogens (tertiary/aromatic N) is 2. The van der Waals surface area contributed by atoms with Crippen LogP contribution in [-0.2, 0) is 19.1 Å². The van der Waals surface area contributed by atoms with Gasteiger partial charge in [-0.15, -0.1) is 11.3 Å². The van der Waals surface area contributed by atoms with Gasteiger partial charge in [-0.25, -0.2) is 4.98 Å². The van der Waals surface area contributed by atoms with E-state index in [1.54, 1.807) is 61.2 Å². The molecule has 0 unspecified atom stereocenters. The molecule has 0 saturated heterocycles. The van der Waals surface area contributed by atoms with Gasteiger partial charge in [0.2, 0.25) is 5.91 Å². The Labute approximate surface area is 194 Å². The molecule has 0 saturated carbocycles. The van der Waals surface area contributed by atoms with E-state index in [0.717, 1.165) is 20.3 Å². The fourth-order valence-electron chi connectivity index (χ4n) is 3.47.